The molecule has 0 unspecified atom stereocenters. The SMILES string of the molecule is CNCC(=O)N=c1sc2ccccc2n1C. The van der Waals surface area contributed by atoms with Gasteiger partial charge in [-0.15, -0.1) is 0 Å². The number of aryl methyl sites for hydroxylation is 1. The van der Waals surface area contributed by atoms with E-state index in [1.165, 1.54) is 11.3 Å². The van der Waals surface area contributed by atoms with Crippen LogP contribution in [0.3, 0.4) is 0 Å². The summed E-state index contributed by atoms with van der Waals surface area (Å²) in [5.41, 5.74) is 1.10. The Labute approximate surface area is 97.2 Å². The molecule has 16 heavy (non-hydrogen) atoms. The van der Waals surface area contributed by atoms with Crippen LogP contribution in [-0.4, -0.2) is 24.1 Å². The maximum absolute atomic E-state index is 11.4. The fourth-order valence-electron chi connectivity index (χ4n) is 1.49. The second kappa shape index (κ2) is 4.59. The maximum atomic E-state index is 11.4. The van der Waals surface area contributed by atoms with Crippen molar-refractivity contribution in [2.75, 3.05) is 13.6 Å². The van der Waals surface area contributed by atoms with Crippen LogP contribution >= 0.6 is 11.3 Å². The monoisotopic (exact) mass is 235 g/mol. The first-order valence-corrected chi connectivity index (χ1v) is 5.80. The van der Waals surface area contributed by atoms with Crippen molar-refractivity contribution in [3.63, 3.8) is 0 Å². The fraction of sp³-hybridized carbons (Fsp3) is 0.273. The third-order valence-corrected chi connectivity index (χ3v) is 3.38. The molecule has 0 aliphatic heterocycles. The highest BCUT2D eigenvalue weighted by Crippen LogP contribution is 2.14. The number of fused-ring (bicyclic) bond motifs is 1. The zero-order valence-electron chi connectivity index (χ0n) is 9.23. The molecule has 0 bridgehead atoms. The van der Waals surface area contributed by atoms with Crippen molar-refractivity contribution in [1.29, 1.82) is 0 Å². The molecule has 0 radical (unpaired) electrons. The van der Waals surface area contributed by atoms with Crippen LogP contribution < -0.4 is 10.1 Å². The number of carbonyl (C=O) groups is 1. The van der Waals surface area contributed by atoms with Crippen LogP contribution in [0.4, 0.5) is 0 Å². The Balaban J connectivity index is 2.53. The summed E-state index contributed by atoms with van der Waals surface area (Å²) in [6.45, 7) is 0.272. The summed E-state index contributed by atoms with van der Waals surface area (Å²) in [4.78, 5) is 16.2. The summed E-state index contributed by atoms with van der Waals surface area (Å²) in [5, 5.41) is 2.79. The molecule has 1 aromatic heterocycles. The predicted octanol–water partition coefficient (Wildman–Crippen LogP) is 0.886. The van der Waals surface area contributed by atoms with E-state index in [2.05, 4.69) is 10.3 Å². The van der Waals surface area contributed by atoms with E-state index in [0.29, 0.717) is 0 Å². The molecule has 1 heterocycles. The number of rotatable bonds is 2. The molecule has 1 amide bonds. The van der Waals surface area contributed by atoms with Gasteiger partial charge in [0, 0.05) is 7.05 Å². The molecule has 1 N–H and O–H groups in total. The minimum absolute atomic E-state index is 0.148. The van der Waals surface area contributed by atoms with Gasteiger partial charge in [0.15, 0.2) is 4.80 Å². The lowest BCUT2D eigenvalue weighted by atomic mass is 10.3. The molecule has 0 fully saturated rings. The van der Waals surface area contributed by atoms with Gasteiger partial charge in [-0.1, -0.05) is 23.5 Å². The molecule has 5 heteroatoms. The van der Waals surface area contributed by atoms with Crippen molar-refractivity contribution in [2.24, 2.45) is 12.0 Å². The van der Waals surface area contributed by atoms with Gasteiger partial charge in [0.1, 0.15) is 0 Å². The summed E-state index contributed by atoms with van der Waals surface area (Å²) < 4.78 is 3.08. The van der Waals surface area contributed by atoms with E-state index in [4.69, 9.17) is 0 Å². The largest absolute Gasteiger partial charge is 0.319 e. The van der Waals surface area contributed by atoms with Crippen molar-refractivity contribution in [1.82, 2.24) is 9.88 Å². The standard InChI is InChI=1S/C11H13N3OS/c1-12-7-10(15)13-11-14(2)8-5-3-4-6-9(8)16-11/h3-6,12H,7H2,1-2H3. The molecule has 0 atom stereocenters. The lowest BCUT2D eigenvalue weighted by Gasteiger charge is -1.94. The minimum Gasteiger partial charge on any atom is -0.319 e. The number of carbonyl (C=O) groups excluding carboxylic acids is 1. The van der Waals surface area contributed by atoms with Crippen LogP contribution in [0.15, 0.2) is 29.3 Å². The lowest BCUT2D eigenvalue weighted by molar-refractivity contribution is -0.117. The third-order valence-electron chi connectivity index (χ3n) is 2.26. The van der Waals surface area contributed by atoms with Gasteiger partial charge in [-0.3, -0.25) is 4.79 Å². The van der Waals surface area contributed by atoms with Crippen molar-refractivity contribution in [2.45, 2.75) is 0 Å². The molecule has 4 nitrogen and oxygen atoms in total. The average molecular weight is 235 g/mol. The molecule has 1 aromatic carbocycles. The van der Waals surface area contributed by atoms with Crippen molar-refractivity contribution < 1.29 is 4.79 Å². The molecule has 2 aromatic rings. The smallest absolute Gasteiger partial charge is 0.262 e. The highest BCUT2D eigenvalue weighted by molar-refractivity contribution is 7.16. The second-order valence-corrected chi connectivity index (χ2v) is 4.46. The molecular weight excluding hydrogens is 222 g/mol. The van der Waals surface area contributed by atoms with E-state index in [1.54, 1.807) is 7.05 Å². The summed E-state index contributed by atoms with van der Waals surface area (Å²) in [5.74, 6) is -0.148. The van der Waals surface area contributed by atoms with Crippen molar-refractivity contribution >= 4 is 27.5 Å². The molecule has 0 aliphatic carbocycles. The average Bonchev–Trinajstić information content (AvgIpc) is 2.57. The van der Waals surface area contributed by atoms with Crippen molar-refractivity contribution in [3.8, 4) is 0 Å². The predicted molar refractivity (Wildman–Crippen MR) is 65.3 cm³/mol. The number of amides is 1. The highest BCUT2D eigenvalue weighted by atomic mass is 32.1. The van der Waals surface area contributed by atoms with Crippen molar-refractivity contribution in [3.05, 3.63) is 29.1 Å². The first-order valence-electron chi connectivity index (χ1n) is 4.99. The topological polar surface area (TPSA) is 46.4 Å². The Morgan fingerprint density at radius 1 is 1.50 bits per heavy atom. The molecular formula is C11H13N3OS. The number of likely N-dealkylation sites (N-methyl/N-ethyl adjacent to an activating group) is 1. The van der Waals surface area contributed by atoms with E-state index in [1.807, 2.05) is 35.9 Å². The number of thiazole rings is 1. The molecule has 0 saturated heterocycles. The van der Waals surface area contributed by atoms with E-state index in [-0.39, 0.29) is 12.5 Å². The summed E-state index contributed by atoms with van der Waals surface area (Å²) in [6.07, 6.45) is 0. The molecule has 0 spiro atoms. The molecule has 0 aliphatic rings. The van der Waals surface area contributed by atoms with Gasteiger partial charge in [-0.25, -0.2) is 0 Å². The van der Waals surface area contributed by atoms with Gasteiger partial charge in [0.25, 0.3) is 5.91 Å². The number of aromatic nitrogens is 1. The number of para-hydroxylation sites is 1. The third kappa shape index (κ3) is 2.05. The van der Waals surface area contributed by atoms with Crippen LogP contribution in [0.1, 0.15) is 0 Å². The zero-order chi connectivity index (χ0) is 11.5. The number of benzene rings is 1. The van der Waals surface area contributed by atoms with Crippen LogP contribution in [0, 0.1) is 0 Å². The highest BCUT2D eigenvalue weighted by Gasteiger charge is 2.03. The Kier molecular flexibility index (Phi) is 3.17. The first-order chi connectivity index (χ1) is 7.72. The van der Waals surface area contributed by atoms with E-state index < -0.39 is 0 Å². The lowest BCUT2D eigenvalue weighted by Crippen LogP contribution is -2.20. The molecule has 2 rings (SSSR count). The maximum Gasteiger partial charge on any atom is 0.262 e. The number of hydrogen-bond donors (Lipinski definition) is 1. The molecule has 84 valence electrons. The Hall–Kier alpha value is -1.46. The minimum atomic E-state index is -0.148. The molecule has 0 saturated carbocycles. The van der Waals surface area contributed by atoms with Gasteiger partial charge in [-0.2, -0.15) is 4.99 Å². The van der Waals surface area contributed by atoms with Gasteiger partial charge >= 0.3 is 0 Å². The van der Waals surface area contributed by atoms with E-state index in [9.17, 15) is 4.79 Å². The Morgan fingerprint density at radius 3 is 2.94 bits per heavy atom. The zero-order valence-corrected chi connectivity index (χ0v) is 10.0. The van der Waals surface area contributed by atoms with Gasteiger partial charge < -0.3 is 9.88 Å². The summed E-state index contributed by atoms with van der Waals surface area (Å²) in [7, 11) is 3.66. The normalized spacial score (nSPS) is 12.2. The summed E-state index contributed by atoms with van der Waals surface area (Å²) in [6, 6.07) is 8.02. The summed E-state index contributed by atoms with van der Waals surface area (Å²) >= 11 is 1.53. The van der Waals surface area contributed by atoms with Crippen LogP contribution in [0.2, 0.25) is 0 Å². The van der Waals surface area contributed by atoms with Crippen LogP contribution in [-0.2, 0) is 11.8 Å². The quantitative estimate of drug-likeness (QED) is 0.840. The van der Waals surface area contributed by atoms with Crippen LogP contribution in [0.5, 0.6) is 0 Å². The van der Waals surface area contributed by atoms with Crippen LogP contribution in [0.25, 0.3) is 10.2 Å². The first kappa shape index (κ1) is 11.0. The van der Waals surface area contributed by atoms with Gasteiger partial charge in [0.2, 0.25) is 0 Å². The Bertz CT molecular complexity index is 582. The van der Waals surface area contributed by atoms with E-state index in [0.717, 1.165) is 15.0 Å². The van der Waals surface area contributed by atoms with Gasteiger partial charge in [-0.05, 0) is 19.2 Å². The number of nitrogens with zero attached hydrogens (tertiary/aromatic N) is 2. The van der Waals surface area contributed by atoms with E-state index >= 15 is 0 Å². The second-order valence-electron chi connectivity index (χ2n) is 3.45. The fourth-order valence-corrected chi connectivity index (χ4v) is 2.52. The Morgan fingerprint density at radius 2 is 2.25 bits per heavy atom. The number of hydrogen-bond acceptors (Lipinski definition) is 3. The van der Waals surface area contributed by atoms with Gasteiger partial charge in [0.05, 0.1) is 16.8 Å². The number of nitrogens with one attached hydrogen (secondary N) is 1.